The monoisotopic (exact) mass is 303 g/mol. The highest BCUT2D eigenvalue weighted by atomic mass is 32.2. The van der Waals surface area contributed by atoms with E-state index in [0.717, 1.165) is 10.4 Å². The first-order chi connectivity index (χ1) is 9.57. The van der Waals surface area contributed by atoms with Gasteiger partial charge in [-0.3, -0.25) is 0 Å². The van der Waals surface area contributed by atoms with Gasteiger partial charge in [-0.2, -0.15) is 8.42 Å². The molecule has 0 N–H and O–H groups in total. The van der Waals surface area contributed by atoms with E-state index >= 15 is 0 Å². The fraction of sp³-hybridized carbons (Fsp3) is 0.0667. The molecular formula is C15H13NO2S2. The van der Waals surface area contributed by atoms with Gasteiger partial charge in [-0.15, -0.1) is 11.3 Å². The van der Waals surface area contributed by atoms with E-state index in [9.17, 15) is 8.42 Å². The molecule has 0 radical (unpaired) electrons. The van der Waals surface area contributed by atoms with Crippen molar-refractivity contribution in [2.45, 2.75) is 11.1 Å². The second-order valence-corrected chi connectivity index (χ2v) is 7.66. The Morgan fingerprint density at radius 1 is 0.950 bits per heavy atom. The molecule has 0 aliphatic carbocycles. The van der Waals surface area contributed by atoms with E-state index in [1.165, 1.54) is 20.9 Å². The average Bonchev–Trinajstić information content (AvgIpc) is 3.12. The fourth-order valence-electron chi connectivity index (χ4n) is 1.91. The zero-order chi connectivity index (χ0) is 14.2. The second kappa shape index (κ2) is 4.92. The number of hydrogen-bond acceptors (Lipinski definition) is 3. The summed E-state index contributed by atoms with van der Waals surface area (Å²) in [4.78, 5) is 0.954. The fourth-order valence-corrected chi connectivity index (χ4v) is 4.52. The third kappa shape index (κ3) is 2.30. The normalized spacial score (nSPS) is 11.7. The zero-order valence-electron chi connectivity index (χ0n) is 10.9. The highest BCUT2D eigenvalue weighted by Crippen LogP contribution is 2.31. The van der Waals surface area contributed by atoms with Gasteiger partial charge in [0.25, 0.3) is 10.0 Å². The van der Waals surface area contributed by atoms with E-state index in [1.807, 2.05) is 37.3 Å². The van der Waals surface area contributed by atoms with Crippen LogP contribution in [0.1, 0.15) is 5.56 Å². The van der Waals surface area contributed by atoms with E-state index < -0.39 is 10.0 Å². The van der Waals surface area contributed by atoms with Gasteiger partial charge < -0.3 is 0 Å². The Balaban J connectivity index is 2.01. The summed E-state index contributed by atoms with van der Waals surface area (Å²) in [7, 11) is -3.46. The molecule has 0 spiro atoms. The number of aromatic nitrogens is 1. The van der Waals surface area contributed by atoms with Crippen LogP contribution in [0.4, 0.5) is 0 Å². The van der Waals surface area contributed by atoms with E-state index in [2.05, 4.69) is 0 Å². The van der Waals surface area contributed by atoms with Gasteiger partial charge in [-0.25, -0.2) is 3.97 Å². The number of thiophene rings is 1. The van der Waals surface area contributed by atoms with Crippen LogP contribution in [0.5, 0.6) is 0 Å². The highest BCUT2D eigenvalue weighted by Gasteiger charge is 2.18. The Kier molecular flexibility index (Phi) is 3.23. The smallest absolute Gasteiger partial charge is 0.248 e. The van der Waals surface area contributed by atoms with Crippen LogP contribution in [0.3, 0.4) is 0 Å². The summed E-state index contributed by atoms with van der Waals surface area (Å²) in [6, 6.07) is 15.0. The standard InChI is InChI=1S/C15H13NO2S2/c1-12-4-6-13(7-5-12)14-8-9-15(19-14)20(17,18)16-10-2-3-11-16/h2-11H,1H3. The molecule has 2 heterocycles. The minimum absolute atomic E-state index is 0.351. The maximum atomic E-state index is 12.4. The number of benzene rings is 1. The van der Waals surface area contributed by atoms with Gasteiger partial charge in [0.05, 0.1) is 0 Å². The van der Waals surface area contributed by atoms with Crippen molar-refractivity contribution in [2.75, 3.05) is 0 Å². The summed E-state index contributed by atoms with van der Waals surface area (Å²) < 4.78 is 26.3. The minimum Gasteiger partial charge on any atom is -0.248 e. The topological polar surface area (TPSA) is 39.1 Å². The third-order valence-corrected chi connectivity index (χ3v) is 6.28. The SMILES string of the molecule is Cc1ccc(-c2ccc(S(=O)(=O)n3cccc3)s2)cc1. The first-order valence-corrected chi connectivity index (χ1v) is 8.38. The lowest BCUT2D eigenvalue weighted by Gasteiger charge is -2.02. The van der Waals surface area contributed by atoms with E-state index in [4.69, 9.17) is 0 Å². The van der Waals surface area contributed by atoms with Gasteiger partial charge >= 0.3 is 0 Å². The molecule has 5 heteroatoms. The Bertz CT molecular complexity index is 813. The van der Waals surface area contributed by atoms with E-state index in [0.29, 0.717) is 4.21 Å². The van der Waals surface area contributed by atoms with E-state index in [-0.39, 0.29) is 0 Å². The van der Waals surface area contributed by atoms with Crippen LogP contribution in [-0.2, 0) is 10.0 Å². The lowest BCUT2D eigenvalue weighted by molar-refractivity contribution is 0.589. The highest BCUT2D eigenvalue weighted by molar-refractivity contribution is 7.92. The van der Waals surface area contributed by atoms with Crippen molar-refractivity contribution < 1.29 is 8.42 Å². The molecular weight excluding hydrogens is 290 g/mol. The molecule has 0 aliphatic heterocycles. The quantitative estimate of drug-likeness (QED) is 0.739. The summed E-state index contributed by atoms with van der Waals surface area (Å²) in [5, 5.41) is 0. The predicted molar refractivity (Wildman–Crippen MR) is 81.5 cm³/mol. The van der Waals surface area contributed by atoms with Gasteiger partial charge in [-0.1, -0.05) is 29.8 Å². The van der Waals surface area contributed by atoms with Crippen LogP contribution in [0.15, 0.2) is 65.1 Å². The van der Waals surface area contributed by atoms with Crippen molar-refractivity contribution in [1.29, 1.82) is 0 Å². The summed E-state index contributed by atoms with van der Waals surface area (Å²) in [6.45, 7) is 2.03. The molecule has 102 valence electrons. The Hall–Kier alpha value is -1.85. The molecule has 0 amide bonds. The molecule has 3 rings (SSSR count). The van der Waals surface area contributed by atoms with Gasteiger partial charge in [0.2, 0.25) is 0 Å². The van der Waals surface area contributed by atoms with Crippen molar-refractivity contribution >= 4 is 21.4 Å². The zero-order valence-corrected chi connectivity index (χ0v) is 12.5. The van der Waals surface area contributed by atoms with Crippen LogP contribution >= 0.6 is 11.3 Å². The molecule has 0 aliphatic rings. The summed E-state index contributed by atoms with van der Waals surface area (Å²) in [5.41, 5.74) is 2.22. The minimum atomic E-state index is -3.46. The van der Waals surface area contributed by atoms with Gasteiger partial charge in [0.1, 0.15) is 4.21 Å². The van der Waals surface area contributed by atoms with Crippen LogP contribution in [0.25, 0.3) is 10.4 Å². The van der Waals surface area contributed by atoms with Crippen molar-refractivity contribution in [3.8, 4) is 10.4 Å². The molecule has 1 aromatic carbocycles. The molecule has 0 unspecified atom stereocenters. The lowest BCUT2D eigenvalue weighted by atomic mass is 10.1. The van der Waals surface area contributed by atoms with Gasteiger partial charge in [0, 0.05) is 17.3 Å². The molecule has 0 saturated heterocycles. The molecule has 0 atom stereocenters. The molecule has 3 aromatic rings. The van der Waals surface area contributed by atoms with Crippen molar-refractivity contribution in [2.24, 2.45) is 0 Å². The molecule has 2 aromatic heterocycles. The maximum absolute atomic E-state index is 12.4. The largest absolute Gasteiger partial charge is 0.277 e. The van der Waals surface area contributed by atoms with Crippen LogP contribution in [-0.4, -0.2) is 12.4 Å². The van der Waals surface area contributed by atoms with Crippen LogP contribution < -0.4 is 0 Å². The lowest BCUT2D eigenvalue weighted by Crippen LogP contribution is -2.08. The summed E-state index contributed by atoms with van der Waals surface area (Å²) in [5.74, 6) is 0. The number of rotatable bonds is 3. The van der Waals surface area contributed by atoms with Crippen molar-refractivity contribution in [1.82, 2.24) is 3.97 Å². The van der Waals surface area contributed by atoms with Crippen molar-refractivity contribution in [3.63, 3.8) is 0 Å². The Morgan fingerprint density at radius 2 is 1.60 bits per heavy atom. The first kappa shape index (κ1) is 13.1. The molecule has 20 heavy (non-hydrogen) atoms. The van der Waals surface area contributed by atoms with Crippen molar-refractivity contribution in [3.05, 3.63) is 66.5 Å². The number of aryl methyl sites for hydroxylation is 1. The Labute approximate surface area is 122 Å². The average molecular weight is 303 g/mol. The van der Waals surface area contributed by atoms with Crippen LogP contribution in [0.2, 0.25) is 0 Å². The van der Waals surface area contributed by atoms with Gasteiger partial charge in [0.15, 0.2) is 0 Å². The van der Waals surface area contributed by atoms with Crippen LogP contribution in [0, 0.1) is 6.92 Å². The number of hydrogen-bond donors (Lipinski definition) is 0. The first-order valence-electron chi connectivity index (χ1n) is 6.13. The maximum Gasteiger partial charge on any atom is 0.277 e. The molecule has 0 fully saturated rings. The molecule has 0 bridgehead atoms. The molecule has 0 saturated carbocycles. The van der Waals surface area contributed by atoms with E-state index in [1.54, 1.807) is 30.6 Å². The van der Waals surface area contributed by atoms with Gasteiger partial charge in [-0.05, 0) is 36.8 Å². The summed E-state index contributed by atoms with van der Waals surface area (Å²) >= 11 is 1.29. The third-order valence-electron chi connectivity index (χ3n) is 3.03. The predicted octanol–water partition coefficient (Wildman–Crippen LogP) is 3.76. The summed E-state index contributed by atoms with van der Waals surface area (Å²) in [6.07, 6.45) is 3.08. The molecule has 3 nitrogen and oxygen atoms in total. The Morgan fingerprint density at radius 3 is 2.25 bits per heavy atom. The second-order valence-electron chi connectivity index (χ2n) is 4.50. The number of nitrogens with zero attached hydrogens (tertiary/aromatic N) is 1.